The fourth-order valence-electron chi connectivity index (χ4n) is 3.30. The average molecular weight is 813 g/mol. The maximum absolute atomic E-state index is 14.3. The minimum atomic E-state index is -4.69. The Kier molecular flexibility index (Phi) is 13.1. The third-order valence-corrected chi connectivity index (χ3v) is 10.0. The number of nitrogens with one attached hydrogen (secondary N) is 2. The highest BCUT2D eigenvalue weighted by atomic mass is 79.9. The second-order valence-electron chi connectivity index (χ2n) is 9.38. The number of aryl methyl sites for hydroxylation is 1. The smallest absolute Gasteiger partial charge is 0.434 e. The zero-order chi connectivity index (χ0) is 36.9. The van der Waals surface area contributed by atoms with Crippen molar-refractivity contribution in [2.24, 2.45) is 7.05 Å². The lowest BCUT2D eigenvalue weighted by Crippen LogP contribution is -2.45. The third-order valence-electron chi connectivity index (χ3n) is 5.48. The van der Waals surface area contributed by atoms with Crippen LogP contribution in [0.3, 0.4) is 0 Å². The number of methoxy groups -OCH3 is 2. The van der Waals surface area contributed by atoms with Crippen molar-refractivity contribution in [1.82, 2.24) is 28.2 Å². The molecule has 0 aliphatic rings. The lowest BCUT2D eigenvalue weighted by Gasteiger charge is -2.15. The first-order valence-electron chi connectivity index (χ1n) is 12.7. The van der Waals surface area contributed by atoms with Crippen LogP contribution in [0.4, 0.5) is 28.3 Å². The summed E-state index contributed by atoms with van der Waals surface area (Å²) in [6.45, 7) is 3.22. The molecule has 2 amide bonds. The molecule has 2 N–H and O–H groups in total. The lowest BCUT2D eigenvalue weighted by molar-refractivity contribution is -0.144. The number of carbonyl (C=O) groups excluding carboxylic acids is 2. The van der Waals surface area contributed by atoms with Crippen molar-refractivity contribution in [3.05, 3.63) is 44.8 Å². The van der Waals surface area contributed by atoms with Gasteiger partial charge >= 0.3 is 28.4 Å². The van der Waals surface area contributed by atoms with Gasteiger partial charge in [-0.15, -0.1) is 0 Å². The maximum Gasteiger partial charge on any atom is 0.434 e. The molecule has 2 aromatic heterocycles. The molecular formula is C24H27BrClF4N7O9S2. The zero-order valence-electron chi connectivity index (χ0n) is 25.8. The number of aromatic nitrogens is 4. The highest BCUT2D eigenvalue weighted by molar-refractivity contribution is 9.10. The summed E-state index contributed by atoms with van der Waals surface area (Å²) in [7, 11) is -4.18. The standard InChI is InChI=1S/C15H12BrClF4N2O2.C9H15N5O7S2/c1-6(2)25-14(24)7-4-8(10(18)5-9(7)17)12-11(16)13(15(19,20)21)23(3)22-12;1-14(22(4,16)17)23(18,19)13-9(15)12-8-10-6(20-2)5-7(11-8)21-3/h4-6H,1-3H3;5H,1-4H3,(H2,10,11,12,13,15). The highest BCUT2D eigenvalue weighted by Crippen LogP contribution is 2.41. The molecule has 0 saturated carbocycles. The first-order chi connectivity index (χ1) is 21.9. The number of hydrogen-bond donors (Lipinski definition) is 2. The Balaban J connectivity index is 0.000000335. The quantitative estimate of drug-likeness (QED) is 0.233. The van der Waals surface area contributed by atoms with Gasteiger partial charge in [-0.2, -0.15) is 36.7 Å². The molecule has 48 heavy (non-hydrogen) atoms. The van der Waals surface area contributed by atoms with E-state index in [1.807, 2.05) is 5.32 Å². The second-order valence-corrected chi connectivity index (χ2v) is 14.5. The van der Waals surface area contributed by atoms with Gasteiger partial charge in [0.2, 0.25) is 27.7 Å². The van der Waals surface area contributed by atoms with E-state index in [4.69, 9.17) is 25.8 Å². The number of sulfonamides is 1. The molecule has 16 nitrogen and oxygen atoms in total. The van der Waals surface area contributed by atoms with Crippen molar-refractivity contribution in [1.29, 1.82) is 0 Å². The Labute approximate surface area is 285 Å². The molecule has 3 aromatic rings. The Hall–Kier alpha value is -3.80. The molecule has 0 aliphatic heterocycles. The number of alkyl halides is 3. The van der Waals surface area contributed by atoms with E-state index in [0.717, 1.165) is 26.2 Å². The molecule has 3 rings (SSSR count). The van der Waals surface area contributed by atoms with Gasteiger partial charge in [0.25, 0.3) is 0 Å². The summed E-state index contributed by atoms with van der Waals surface area (Å²) in [4.78, 5) is 31.2. The van der Waals surface area contributed by atoms with E-state index in [-0.39, 0.29) is 43.3 Å². The second kappa shape index (κ2) is 15.6. The third kappa shape index (κ3) is 10.3. The summed E-state index contributed by atoms with van der Waals surface area (Å²) >= 11 is 8.67. The molecule has 0 spiro atoms. The van der Waals surface area contributed by atoms with Crippen LogP contribution in [0.25, 0.3) is 11.3 Å². The highest BCUT2D eigenvalue weighted by Gasteiger charge is 2.39. The summed E-state index contributed by atoms with van der Waals surface area (Å²) in [6.07, 6.45) is -4.48. The SMILES string of the molecule is CC(C)OC(=O)c1cc(-c2nn(C)c(C(F)(F)F)c2Br)c(F)cc1Cl.COc1cc(OC)nc(NC(=O)NS(=O)(=O)N(C)S(C)(=O)=O)n1. The number of amides is 2. The van der Waals surface area contributed by atoms with Crippen LogP contribution in [-0.2, 0) is 38.2 Å². The predicted octanol–water partition coefficient (Wildman–Crippen LogP) is 3.98. The summed E-state index contributed by atoms with van der Waals surface area (Å²) in [5, 5.41) is 5.52. The van der Waals surface area contributed by atoms with E-state index in [2.05, 4.69) is 31.0 Å². The molecule has 266 valence electrons. The van der Waals surface area contributed by atoms with E-state index in [0.29, 0.717) is 10.9 Å². The molecule has 0 radical (unpaired) electrons. The van der Waals surface area contributed by atoms with E-state index in [9.17, 15) is 44.0 Å². The number of benzene rings is 1. The number of hydrogen-bond acceptors (Lipinski definition) is 12. The topological polar surface area (TPSA) is 201 Å². The van der Waals surface area contributed by atoms with Crippen LogP contribution >= 0.6 is 27.5 Å². The molecule has 0 saturated heterocycles. The van der Waals surface area contributed by atoms with E-state index >= 15 is 0 Å². The molecule has 2 heterocycles. The molecule has 0 bridgehead atoms. The number of urea groups is 1. The Morgan fingerprint density at radius 1 is 1.06 bits per heavy atom. The molecule has 0 aliphatic carbocycles. The van der Waals surface area contributed by atoms with Crippen molar-refractivity contribution in [3.8, 4) is 23.0 Å². The largest absolute Gasteiger partial charge is 0.481 e. The van der Waals surface area contributed by atoms with Crippen LogP contribution in [0.5, 0.6) is 11.8 Å². The van der Waals surface area contributed by atoms with Crippen LogP contribution in [-0.4, -0.2) is 85.9 Å². The lowest BCUT2D eigenvalue weighted by atomic mass is 10.1. The fraction of sp³-hybridized carbons (Fsp3) is 0.375. The molecule has 24 heteroatoms. The van der Waals surface area contributed by atoms with Gasteiger partial charge in [-0.05, 0) is 41.9 Å². The monoisotopic (exact) mass is 811 g/mol. The number of carbonyl (C=O) groups is 2. The molecule has 0 atom stereocenters. The predicted molar refractivity (Wildman–Crippen MR) is 166 cm³/mol. The van der Waals surface area contributed by atoms with Gasteiger partial charge in [0.15, 0.2) is 5.69 Å². The van der Waals surface area contributed by atoms with E-state index in [1.54, 1.807) is 13.8 Å². The average Bonchev–Trinajstić information content (AvgIpc) is 3.24. The van der Waals surface area contributed by atoms with Crippen molar-refractivity contribution in [2.45, 2.75) is 26.1 Å². The first kappa shape index (κ1) is 40.4. The fourth-order valence-corrected chi connectivity index (χ4v) is 6.25. The van der Waals surface area contributed by atoms with Gasteiger partial charge in [0.1, 0.15) is 11.5 Å². The van der Waals surface area contributed by atoms with E-state index < -0.39 is 60.5 Å². The molecule has 0 fully saturated rings. The molecular weight excluding hydrogens is 786 g/mol. The van der Waals surface area contributed by atoms with Gasteiger partial charge < -0.3 is 14.2 Å². The number of ether oxygens (including phenoxy) is 3. The summed E-state index contributed by atoms with van der Waals surface area (Å²) in [5.74, 6) is -1.93. The molecule has 1 aromatic carbocycles. The van der Waals surface area contributed by atoms with Crippen molar-refractivity contribution in [2.75, 3.05) is 32.8 Å². The van der Waals surface area contributed by atoms with Gasteiger partial charge in [-0.3, -0.25) is 10.00 Å². The Morgan fingerprint density at radius 3 is 2.04 bits per heavy atom. The summed E-state index contributed by atoms with van der Waals surface area (Å²) < 4.78 is 116. The number of nitrogens with zero attached hydrogens (tertiary/aromatic N) is 5. The maximum atomic E-state index is 14.3. The van der Waals surface area contributed by atoms with Crippen LogP contribution < -0.4 is 19.5 Å². The summed E-state index contributed by atoms with van der Waals surface area (Å²) in [6, 6.07) is 1.92. The molecule has 0 unspecified atom stereocenters. The normalized spacial score (nSPS) is 11.9. The number of anilines is 1. The Morgan fingerprint density at radius 2 is 1.60 bits per heavy atom. The van der Waals surface area contributed by atoms with Crippen LogP contribution in [0, 0.1) is 5.82 Å². The van der Waals surface area contributed by atoms with Crippen molar-refractivity contribution >= 4 is 65.7 Å². The van der Waals surface area contributed by atoms with Gasteiger partial charge in [-0.25, -0.2) is 27.1 Å². The van der Waals surface area contributed by atoms with Crippen molar-refractivity contribution in [3.63, 3.8) is 0 Å². The minimum absolute atomic E-state index is 0.00654. The summed E-state index contributed by atoms with van der Waals surface area (Å²) in [5.41, 5.74) is -1.86. The Bertz CT molecular complexity index is 1890. The number of esters is 1. The van der Waals surface area contributed by atoms with Crippen LogP contribution in [0.1, 0.15) is 29.9 Å². The van der Waals surface area contributed by atoms with E-state index in [1.165, 1.54) is 25.0 Å². The number of halogens is 6. The van der Waals surface area contributed by atoms with Crippen molar-refractivity contribution < 1.29 is 58.2 Å². The first-order valence-corrected chi connectivity index (χ1v) is 17.1. The van der Waals surface area contributed by atoms with Crippen LogP contribution in [0.2, 0.25) is 5.02 Å². The number of rotatable bonds is 9. The van der Waals surface area contributed by atoms with Crippen LogP contribution in [0.15, 0.2) is 22.7 Å². The van der Waals surface area contributed by atoms with Gasteiger partial charge in [-0.1, -0.05) is 15.3 Å². The van der Waals surface area contributed by atoms with Gasteiger partial charge in [0.05, 0.1) is 47.7 Å². The zero-order valence-corrected chi connectivity index (χ0v) is 29.8. The van der Waals surface area contributed by atoms with Gasteiger partial charge in [0, 0.05) is 19.7 Å². The minimum Gasteiger partial charge on any atom is -0.481 e.